The van der Waals surface area contributed by atoms with E-state index in [4.69, 9.17) is 18.4 Å². The Bertz CT molecular complexity index is 345. The third-order valence-electron chi connectivity index (χ3n) is 5.11. The molecule has 7 heteroatoms. The monoisotopic (exact) mass is 405 g/mol. The van der Waals surface area contributed by atoms with Gasteiger partial charge in [-0.05, 0) is 25.9 Å². The molecule has 0 aliphatic heterocycles. The van der Waals surface area contributed by atoms with E-state index in [2.05, 4.69) is 11.8 Å². The van der Waals surface area contributed by atoms with Crippen LogP contribution in [-0.4, -0.2) is 65.7 Å². The highest BCUT2D eigenvalue weighted by Crippen LogP contribution is 2.16. The van der Waals surface area contributed by atoms with Crippen LogP contribution >= 0.6 is 0 Å². The molecule has 0 spiro atoms. The van der Waals surface area contributed by atoms with Crippen molar-refractivity contribution in [2.75, 3.05) is 41.0 Å². The number of aliphatic carboxylic acids is 1. The first-order valence-electron chi connectivity index (χ1n) is 10.6. The molecule has 0 amide bonds. The number of carbonyl (C=O) groups is 1. The van der Waals surface area contributed by atoms with Crippen LogP contribution in [0, 0.1) is 0 Å². The molecular weight excluding hydrogens is 362 g/mol. The predicted molar refractivity (Wildman–Crippen MR) is 112 cm³/mol. The summed E-state index contributed by atoms with van der Waals surface area (Å²) < 4.78 is 16.4. The number of rotatable bonds is 20. The van der Waals surface area contributed by atoms with Gasteiger partial charge in [-0.3, -0.25) is 4.79 Å². The molecule has 0 aromatic carbocycles. The zero-order valence-electron chi connectivity index (χ0n) is 18.1. The van der Waals surface area contributed by atoms with E-state index in [1.807, 2.05) is 0 Å². The Labute approximate surface area is 167 Å². The fourth-order valence-corrected chi connectivity index (χ4v) is 5.01. The van der Waals surface area contributed by atoms with Crippen molar-refractivity contribution in [3.8, 4) is 0 Å². The van der Waals surface area contributed by atoms with Gasteiger partial charge in [-0.25, -0.2) is 0 Å². The zero-order valence-corrected chi connectivity index (χ0v) is 19.1. The second-order valence-electron chi connectivity index (χ2n) is 7.21. The lowest BCUT2D eigenvalue weighted by molar-refractivity contribution is -0.137. The van der Waals surface area contributed by atoms with Crippen molar-refractivity contribution >= 4 is 14.8 Å². The van der Waals surface area contributed by atoms with Gasteiger partial charge in [0.05, 0.1) is 6.42 Å². The third-order valence-corrected chi connectivity index (χ3v) is 7.94. The van der Waals surface area contributed by atoms with E-state index in [0.717, 1.165) is 32.0 Å². The quantitative estimate of drug-likeness (QED) is 0.236. The van der Waals surface area contributed by atoms with Crippen LogP contribution in [0.1, 0.15) is 77.6 Å². The van der Waals surface area contributed by atoms with Gasteiger partial charge in [0.15, 0.2) is 0 Å². The van der Waals surface area contributed by atoms with Crippen molar-refractivity contribution in [1.29, 1.82) is 0 Å². The largest absolute Gasteiger partial charge is 0.500 e. The molecular formula is C20H43NO5Si. The van der Waals surface area contributed by atoms with Crippen LogP contribution < -0.4 is 0 Å². The van der Waals surface area contributed by atoms with Crippen molar-refractivity contribution in [2.24, 2.45) is 0 Å². The molecule has 0 saturated carbocycles. The molecule has 0 aromatic rings. The molecule has 0 unspecified atom stereocenters. The summed E-state index contributed by atoms with van der Waals surface area (Å²) in [4.78, 5) is 13.2. The Morgan fingerprint density at radius 1 is 0.778 bits per heavy atom. The van der Waals surface area contributed by atoms with E-state index in [1.165, 1.54) is 51.4 Å². The Morgan fingerprint density at radius 2 is 1.26 bits per heavy atom. The van der Waals surface area contributed by atoms with Gasteiger partial charge in [-0.2, -0.15) is 0 Å². The minimum Gasteiger partial charge on any atom is -0.481 e. The standard InChI is InChI=1S/C20H43NO5Si/c1-5-6-7-8-9-10-11-12-13-16-21(18-15-20(22)23)17-14-19-27(24-2,25-3)26-4/h5-19H2,1-4H3,(H,22,23). The molecule has 0 saturated heterocycles. The summed E-state index contributed by atoms with van der Waals surface area (Å²) >= 11 is 0. The molecule has 6 nitrogen and oxygen atoms in total. The molecule has 0 bridgehead atoms. The first-order chi connectivity index (χ1) is 13.0. The van der Waals surface area contributed by atoms with E-state index >= 15 is 0 Å². The van der Waals surface area contributed by atoms with Gasteiger partial charge in [0.1, 0.15) is 0 Å². The smallest absolute Gasteiger partial charge is 0.481 e. The van der Waals surface area contributed by atoms with Crippen LogP contribution in [0.5, 0.6) is 0 Å². The lowest BCUT2D eigenvalue weighted by atomic mass is 10.1. The van der Waals surface area contributed by atoms with Gasteiger partial charge in [-0.1, -0.05) is 58.3 Å². The third kappa shape index (κ3) is 14.2. The van der Waals surface area contributed by atoms with Gasteiger partial charge in [0.25, 0.3) is 0 Å². The fourth-order valence-electron chi connectivity index (χ4n) is 3.31. The number of carboxylic acids is 1. The lowest BCUT2D eigenvalue weighted by Gasteiger charge is -2.26. The lowest BCUT2D eigenvalue weighted by Crippen LogP contribution is -2.43. The van der Waals surface area contributed by atoms with Gasteiger partial charge in [0.2, 0.25) is 0 Å². The van der Waals surface area contributed by atoms with Crippen LogP contribution in [-0.2, 0) is 18.1 Å². The van der Waals surface area contributed by atoms with Gasteiger partial charge in [-0.15, -0.1) is 0 Å². The summed E-state index contributed by atoms with van der Waals surface area (Å²) in [5.74, 6) is -0.735. The number of carboxylic acid groups (broad SMARTS) is 1. The average Bonchev–Trinajstić information content (AvgIpc) is 2.67. The second kappa shape index (κ2) is 17.6. The summed E-state index contributed by atoms with van der Waals surface area (Å²) in [7, 11) is 2.35. The van der Waals surface area contributed by atoms with Crippen LogP contribution in [0.4, 0.5) is 0 Å². The van der Waals surface area contributed by atoms with Crippen LogP contribution in [0.2, 0.25) is 6.04 Å². The van der Waals surface area contributed by atoms with E-state index in [1.54, 1.807) is 21.3 Å². The highest BCUT2D eigenvalue weighted by Gasteiger charge is 2.37. The van der Waals surface area contributed by atoms with Gasteiger partial charge in [0, 0.05) is 33.9 Å². The van der Waals surface area contributed by atoms with Gasteiger partial charge < -0.3 is 23.3 Å². The predicted octanol–water partition coefficient (Wildman–Crippen LogP) is 4.56. The Hall–Kier alpha value is -0.473. The maximum atomic E-state index is 10.9. The van der Waals surface area contributed by atoms with Crippen molar-refractivity contribution in [3.63, 3.8) is 0 Å². The van der Waals surface area contributed by atoms with E-state index in [-0.39, 0.29) is 6.42 Å². The maximum absolute atomic E-state index is 10.9. The summed E-state index contributed by atoms with van der Waals surface area (Å²) in [6, 6.07) is 0.748. The van der Waals surface area contributed by atoms with Crippen molar-refractivity contribution in [1.82, 2.24) is 4.90 Å². The van der Waals surface area contributed by atoms with E-state index < -0.39 is 14.8 Å². The van der Waals surface area contributed by atoms with E-state index in [0.29, 0.717) is 6.54 Å². The Balaban J connectivity index is 4.05. The molecule has 1 N–H and O–H groups in total. The molecule has 0 aromatic heterocycles. The molecule has 162 valence electrons. The van der Waals surface area contributed by atoms with Crippen molar-refractivity contribution < 1.29 is 23.2 Å². The normalized spacial score (nSPS) is 12.0. The van der Waals surface area contributed by atoms with Crippen LogP contribution in [0.15, 0.2) is 0 Å². The minimum absolute atomic E-state index is 0.193. The topological polar surface area (TPSA) is 68.2 Å². The molecule has 0 fully saturated rings. The second-order valence-corrected chi connectivity index (χ2v) is 10.3. The minimum atomic E-state index is -2.53. The molecule has 0 rings (SSSR count). The number of hydrogen-bond donors (Lipinski definition) is 1. The number of unbranched alkanes of at least 4 members (excludes halogenated alkanes) is 8. The molecule has 0 heterocycles. The van der Waals surface area contributed by atoms with Crippen molar-refractivity contribution in [2.45, 2.75) is 83.6 Å². The summed E-state index contributed by atoms with van der Waals surface area (Å²) in [5, 5.41) is 8.98. The Morgan fingerprint density at radius 3 is 1.74 bits per heavy atom. The summed E-state index contributed by atoms with van der Waals surface area (Å²) in [6.45, 7) is 4.67. The average molecular weight is 406 g/mol. The first kappa shape index (κ1) is 26.5. The Kier molecular flexibility index (Phi) is 17.3. The molecule has 27 heavy (non-hydrogen) atoms. The molecule has 0 radical (unpaired) electrons. The summed E-state index contributed by atoms with van der Waals surface area (Å²) in [6.07, 6.45) is 12.8. The highest BCUT2D eigenvalue weighted by molar-refractivity contribution is 6.60. The summed E-state index contributed by atoms with van der Waals surface area (Å²) in [5.41, 5.74) is 0. The van der Waals surface area contributed by atoms with E-state index in [9.17, 15) is 4.79 Å². The maximum Gasteiger partial charge on any atom is 0.500 e. The number of hydrogen-bond acceptors (Lipinski definition) is 5. The zero-order chi connectivity index (χ0) is 20.4. The highest BCUT2D eigenvalue weighted by atomic mass is 28.4. The SMILES string of the molecule is CCCCCCCCCCCN(CCC[Si](OC)(OC)OC)CCC(=O)O. The van der Waals surface area contributed by atoms with Crippen LogP contribution in [0.3, 0.4) is 0 Å². The van der Waals surface area contributed by atoms with Crippen molar-refractivity contribution in [3.05, 3.63) is 0 Å². The van der Waals surface area contributed by atoms with Crippen LogP contribution in [0.25, 0.3) is 0 Å². The van der Waals surface area contributed by atoms with Gasteiger partial charge >= 0.3 is 14.8 Å². The fraction of sp³-hybridized carbons (Fsp3) is 0.950. The number of nitrogens with zero attached hydrogens (tertiary/aromatic N) is 1. The molecule has 0 atom stereocenters. The molecule has 0 aliphatic carbocycles. The molecule has 0 aliphatic rings. The first-order valence-corrected chi connectivity index (χ1v) is 12.6.